The Morgan fingerprint density at radius 1 is 1.35 bits per heavy atom. The van der Waals surface area contributed by atoms with Gasteiger partial charge in [-0.3, -0.25) is 4.18 Å². The van der Waals surface area contributed by atoms with Crippen LogP contribution < -0.4 is 5.73 Å². The van der Waals surface area contributed by atoms with Crippen molar-refractivity contribution in [3.05, 3.63) is 12.7 Å². The van der Waals surface area contributed by atoms with E-state index in [4.69, 9.17) is 9.92 Å². The number of fused-ring (bicyclic) bond motifs is 1. The van der Waals surface area contributed by atoms with E-state index in [0.717, 1.165) is 19.1 Å². The van der Waals surface area contributed by atoms with Crippen molar-refractivity contribution in [1.82, 2.24) is 19.5 Å². The van der Waals surface area contributed by atoms with E-state index in [1.165, 1.54) is 6.33 Å². The Morgan fingerprint density at radius 2 is 2.15 bits per heavy atom. The van der Waals surface area contributed by atoms with Gasteiger partial charge in [-0.15, -0.1) is 0 Å². The summed E-state index contributed by atoms with van der Waals surface area (Å²) in [5, 5.41) is 0. The van der Waals surface area contributed by atoms with Crippen molar-refractivity contribution < 1.29 is 12.6 Å². The highest BCUT2D eigenvalue weighted by molar-refractivity contribution is 7.86. The molecule has 20 heavy (non-hydrogen) atoms. The zero-order valence-electron chi connectivity index (χ0n) is 10.9. The van der Waals surface area contributed by atoms with Crippen molar-refractivity contribution in [3.8, 4) is 0 Å². The molecule has 0 aliphatic heterocycles. The van der Waals surface area contributed by atoms with Gasteiger partial charge in [0.1, 0.15) is 11.8 Å². The lowest BCUT2D eigenvalue weighted by molar-refractivity contribution is 0.172. The minimum Gasteiger partial charge on any atom is -0.382 e. The van der Waals surface area contributed by atoms with E-state index in [9.17, 15) is 8.42 Å². The molecule has 0 spiro atoms. The monoisotopic (exact) mass is 297 g/mol. The average molecular weight is 297 g/mol. The summed E-state index contributed by atoms with van der Waals surface area (Å²) in [5.74, 6) is 0.312. The molecule has 1 aliphatic carbocycles. The lowest BCUT2D eigenvalue weighted by atomic mass is 10.2. The van der Waals surface area contributed by atoms with Crippen LogP contribution in [0.2, 0.25) is 0 Å². The Labute approximate surface area is 116 Å². The third-order valence-corrected chi connectivity index (χ3v) is 4.06. The second-order valence-electron chi connectivity index (χ2n) is 4.92. The standard InChI is InChI=1S/C11H15N5O3S/c1-20(17,18)19-8-4-2-3-7(8)16-6-15-9-10(12)13-5-14-11(9)16/h5-8H,2-4H2,1H3,(H2,12,13,14)/t7-,8+/m1/s1. The summed E-state index contributed by atoms with van der Waals surface area (Å²) in [7, 11) is -3.48. The molecule has 2 heterocycles. The number of nitrogens with two attached hydrogens (primary N) is 1. The number of nitrogens with zero attached hydrogens (tertiary/aromatic N) is 4. The Bertz CT molecular complexity index is 742. The molecule has 2 N–H and O–H groups in total. The molecular formula is C11H15N5O3S. The molecule has 0 unspecified atom stereocenters. The van der Waals surface area contributed by atoms with E-state index in [0.29, 0.717) is 23.4 Å². The molecule has 1 fully saturated rings. The molecule has 0 saturated heterocycles. The molecule has 1 saturated carbocycles. The SMILES string of the molecule is CS(=O)(=O)O[C@H]1CCC[C@H]1n1cnc2c(N)ncnc21. The smallest absolute Gasteiger partial charge is 0.264 e. The minimum absolute atomic E-state index is 0.107. The van der Waals surface area contributed by atoms with Gasteiger partial charge in [-0.1, -0.05) is 0 Å². The molecule has 108 valence electrons. The van der Waals surface area contributed by atoms with Gasteiger partial charge in [0.15, 0.2) is 11.5 Å². The van der Waals surface area contributed by atoms with Gasteiger partial charge in [0, 0.05) is 0 Å². The Morgan fingerprint density at radius 3 is 2.90 bits per heavy atom. The summed E-state index contributed by atoms with van der Waals surface area (Å²) in [5.41, 5.74) is 6.88. The second-order valence-corrected chi connectivity index (χ2v) is 6.52. The Hall–Kier alpha value is -1.74. The van der Waals surface area contributed by atoms with Crippen LogP contribution in [-0.4, -0.2) is 40.3 Å². The first-order valence-electron chi connectivity index (χ1n) is 6.27. The van der Waals surface area contributed by atoms with Gasteiger partial charge in [0.25, 0.3) is 10.1 Å². The molecule has 2 aromatic heterocycles. The van der Waals surface area contributed by atoms with Crippen LogP contribution in [0, 0.1) is 0 Å². The maximum atomic E-state index is 11.3. The number of nitrogen functional groups attached to an aromatic ring is 1. The summed E-state index contributed by atoms with van der Waals surface area (Å²) in [6, 6.07) is -0.107. The lowest BCUT2D eigenvalue weighted by Crippen LogP contribution is -2.24. The van der Waals surface area contributed by atoms with Crippen molar-refractivity contribution in [2.24, 2.45) is 0 Å². The highest BCUT2D eigenvalue weighted by atomic mass is 32.2. The number of anilines is 1. The number of imidazole rings is 1. The highest BCUT2D eigenvalue weighted by Crippen LogP contribution is 2.35. The van der Waals surface area contributed by atoms with Crippen LogP contribution in [-0.2, 0) is 14.3 Å². The first kappa shape index (κ1) is 13.3. The van der Waals surface area contributed by atoms with E-state index in [1.54, 1.807) is 6.33 Å². The van der Waals surface area contributed by atoms with Crippen molar-refractivity contribution in [1.29, 1.82) is 0 Å². The molecule has 3 rings (SSSR count). The third kappa shape index (κ3) is 2.34. The number of hydrogen-bond donors (Lipinski definition) is 1. The van der Waals surface area contributed by atoms with Gasteiger partial charge >= 0.3 is 0 Å². The predicted octanol–water partition coefficient (Wildman–Crippen LogP) is 0.478. The van der Waals surface area contributed by atoms with E-state index in [1.807, 2.05) is 4.57 Å². The van der Waals surface area contributed by atoms with Crippen LogP contribution in [0.15, 0.2) is 12.7 Å². The molecule has 2 atom stereocenters. The lowest BCUT2D eigenvalue weighted by Gasteiger charge is -2.20. The van der Waals surface area contributed by atoms with Crippen molar-refractivity contribution in [2.45, 2.75) is 31.4 Å². The third-order valence-electron chi connectivity index (χ3n) is 3.46. The largest absolute Gasteiger partial charge is 0.382 e. The fourth-order valence-electron chi connectivity index (χ4n) is 2.67. The van der Waals surface area contributed by atoms with Crippen molar-refractivity contribution in [2.75, 3.05) is 12.0 Å². The quantitative estimate of drug-likeness (QED) is 0.819. The topological polar surface area (TPSA) is 113 Å². The minimum atomic E-state index is -3.48. The van der Waals surface area contributed by atoms with Crippen molar-refractivity contribution in [3.63, 3.8) is 0 Å². The molecule has 0 amide bonds. The number of hydrogen-bond acceptors (Lipinski definition) is 7. The predicted molar refractivity (Wildman–Crippen MR) is 72.3 cm³/mol. The average Bonchev–Trinajstić information content (AvgIpc) is 2.93. The van der Waals surface area contributed by atoms with E-state index >= 15 is 0 Å². The summed E-state index contributed by atoms with van der Waals surface area (Å²) < 4.78 is 29.6. The van der Waals surface area contributed by atoms with Crippen LogP contribution in [0.3, 0.4) is 0 Å². The van der Waals surface area contributed by atoms with Gasteiger partial charge in [-0.2, -0.15) is 8.42 Å². The molecular weight excluding hydrogens is 282 g/mol. The molecule has 1 aliphatic rings. The Kier molecular flexibility index (Phi) is 3.09. The Balaban J connectivity index is 2.00. The van der Waals surface area contributed by atoms with E-state index in [2.05, 4.69) is 15.0 Å². The summed E-state index contributed by atoms with van der Waals surface area (Å²) in [6.07, 6.45) is 6.06. The van der Waals surface area contributed by atoms with Crippen molar-refractivity contribution >= 4 is 27.1 Å². The molecule has 2 aromatic rings. The summed E-state index contributed by atoms with van der Waals surface area (Å²) in [6.45, 7) is 0. The van der Waals surface area contributed by atoms with Gasteiger partial charge in [0.2, 0.25) is 0 Å². The highest BCUT2D eigenvalue weighted by Gasteiger charge is 2.33. The van der Waals surface area contributed by atoms with Gasteiger partial charge < -0.3 is 10.3 Å². The maximum absolute atomic E-state index is 11.3. The number of rotatable bonds is 3. The van der Waals surface area contributed by atoms with Crippen LogP contribution in [0.1, 0.15) is 25.3 Å². The molecule has 0 aromatic carbocycles. The zero-order valence-corrected chi connectivity index (χ0v) is 11.7. The normalized spacial score (nSPS) is 23.4. The fraction of sp³-hybridized carbons (Fsp3) is 0.545. The van der Waals surface area contributed by atoms with Gasteiger partial charge in [-0.05, 0) is 19.3 Å². The van der Waals surface area contributed by atoms with Gasteiger partial charge in [0.05, 0.1) is 24.7 Å². The zero-order chi connectivity index (χ0) is 14.3. The van der Waals surface area contributed by atoms with Crippen LogP contribution >= 0.6 is 0 Å². The second kappa shape index (κ2) is 4.67. The molecule has 8 nitrogen and oxygen atoms in total. The molecule has 0 radical (unpaired) electrons. The van der Waals surface area contributed by atoms with Crippen LogP contribution in [0.5, 0.6) is 0 Å². The molecule has 0 bridgehead atoms. The maximum Gasteiger partial charge on any atom is 0.264 e. The van der Waals surface area contributed by atoms with E-state index < -0.39 is 16.2 Å². The van der Waals surface area contributed by atoms with Crippen LogP contribution in [0.25, 0.3) is 11.2 Å². The van der Waals surface area contributed by atoms with Crippen LogP contribution in [0.4, 0.5) is 5.82 Å². The summed E-state index contributed by atoms with van der Waals surface area (Å²) in [4.78, 5) is 12.3. The molecule has 9 heteroatoms. The fourth-order valence-corrected chi connectivity index (χ4v) is 3.35. The summed E-state index contributed by atoms with van der Waals surface area (Å²) >= 11 is 0. The van der Waals surface area contributed by atoms with Gasteiger partial charge in [-0.25, -0.2) is 15.0 Å². The number of aromatic nitrogens is 4. The van der Waals surface area contributed by atoms with E-state index in [-0.39, 0.29) is 6.04 Å². The first-order chi connectivity index (χ1) is 9.46. The first-order valence-corrected chi connectivity index (χ1v) is 8.08.